The number of aromatic nitrogens is 3. The smallest absolute Gasteiger partial charge is 0.273 e. The van der Waals surface area contributed by atoms with E-state index in [0.29, 0.717) is 18.3 Å². The van der Waals surface area contributed by atoms with Crippen molar-refractivity contribution in [3.8, 4) is 0 Å². The predicted molar refractivity (Wildman–Crippen MR) is 106 cm³/mol. The Labute approximate surface area is 165 Å². The van der Waals surface area contributed by atoms with Gasteiger partial charge in [0.25, 0.3) is 5.91 Å². The maximum Gasteiger partial charge on any atom is 0.273 e. The van der Waals surface area contributed by atoms with Gasteiger partial charge in [0, 0.05) is 19.1 Å². The molecule has 4 rings (SSSR count). The second-order valence-corrected chi connectivity index (χ2v) is 7.88. The van der Waals surface area contributed by atoms with E-state index in [1.54, 1.807) is 6.20 Å². The van der Waals surface area contributed by atoms with Crippen molar-refractivity contribution in [2.24, 2.45) is 5.92 Å². The van der Waals surface area contributed by atoms with Crippen LogP contribution in [0.15, 0.2) is 30.5 Å². The SMILES string of the molecule is Cc1ccc(C2OCCCC2CNC(=O)c2cn(C3CCNCC3)nn2)cc1. The quantitative estimate of drug-likeness (QED) is 0.829. The molecule has 0 bridgehead atoms. The van der Waals surface area contributed by atoms with Gasteiger partial charge in [0.1, 0.15) is 0 Å². The van der Waals surface area contributed by atoms with E-state index in [4.69, 9.17) is 4.74 Å². The highest BCUT2D eigenvalue weighted by atomic mass is 16.5. The third-order valence-electron chi connectivity index (χ3n) is 5.80. The molecule has 0 aliphatic carbocycles. The lowest BCUT2D eigenvalue weighted by molar-refractivity contribution is -0.0272. The molecule has 2 fully saturated rings. The molecule has 2 atom stereocenters. The van der Waals surface area contributed by atoms with Crippen molar-refractivity contribution in [3.05, 3.63) is 47.3 Å². The van der Waals surface area contributed by atoms with Gasteiger partial charge < -0.3 is 15.4 Å². The Morgan fingerprint density at radius 1 is 1.25 bits per heavy atom. The number of carbonyl (C=O) groups is 1. The highest BCUT2D eigenvalue weighted by molar-refractivity contribution is 5.91. The van der Waals surface area contributed by atoms with E-state index < -0.39 is 0 Å². The Morgan fingerprint density at radius 3 is 2.82 bits per heavy atom. The van der Waals surface area contributed by atoms with Crippen LogP contribution in [0, 0.1) is 12.8 Å². The summed E-state index contributed by atoms with van der Waals surface area (Å²) in [6, 6.07) is 8.81. The molecular weight excluding hydrogens is 354 g/mol. The topological polar surface area (TPSA) is 81.1 Å². The number of carbonyl (C=O) groups excluding carboxylic acids is 1. The molecule has 7 heteroatoms. The molecule has 2 unspecified atom stereocenters. The van der Waals surface area contributed by atoms with Crippen molar-refractivity contribution in [1.29, 1.82) is 0 Å². The Hall–Kier alpha value is -2.25. The second kappa shape index (κ2) is 8.84. The molecule has 2 saturated heterocycles. The maximum absolute atomic E-state index is 12.6. The molecule has 1 amide bonds. The summed E-state index contributed by atoms with van der Waals surface area (Å²) in [5.74, 6) is 0.105. The Bertz CT molecular complexity index is 782. The van der Waals surface area contributed by atoms with Crippen LogP contribution in [0.25, 0.3) is 0 Å². The van der Waals surface area contributed by atoms with E-state index in [2.05, 4.69) is 52.1 Å². The summed E-state index contributed by atoms with van der Waals surface area (Å²) in [7, 11) is 0. The minimum absolute atomic E-state index is 0.0278. The third-order valence-corrected chi connectivity index (χ3v) is 5.80. The zero-order valence-electron chi connectivity index (χ0n) is 16.4. The largest absolute Gasteiger partial charge is 0.373 e. The molecular formula is C21H29N5O2. The first kappa shape index (κ1) is 19.1. The van der Waals surface area contributed by atoms with Crippen molar-refractivity contribution in [2.75, 3.05) is 26.2 Å². The van der Waals surface area contributed by atoms with Crippen LogP contribution in [0.4, 0.5) is 0 Å². The number of hydrogen-bond acceptors (Lipinski definition) is 5. The molecule has 0 radical (unpaired) electrons. The Kier molecular flexibility index (Phi) is 6.02. The van der Waals surface area contributed by atoms with Crippen LogP contribution in [0.3, 0.4) is 0 Å². The maximum atomic E-state index is 12.6. The van der Waals surface area contributed by atoms with Crippen molar-refractivity contribution in [3.63, 3.8) is 0 Å². The van der Waals surface area contributed by atoms with E-state index in [1.807, 2.05) is 4.68 Å². The number of nitrogens with one attached hydrogen (secondary N) is 2. The van der Waals surface area contributed by atoms with Crippen LogP contribution in [-0.2, 0) is 4.74 Å². The van der Waals surface area contributed by atoms with E-state index in [9.17, 15) is 4.79 Å². The minimum Gasteiger partial charge on any atom is -0.373 e. The van der Waals surface area contributed by atoms with E-state index >= 15 is 0 Å². The number of amides is 1. The molecule has 0 saturated carbocycles. The van der Waals surface area contributed by atoms with Gasteiger partial charge in [-0.15, -0.1) is 5.10 Å². The van der Waals surface area contributed by atoms with Crippen molar-refractivity contribution >= 4 is 5.91 Å². The molecule has 2 N–H and O–H groups in total. The van der Waals surface area contributed by atoms with Crippen LogP contribution >= 0.6 is 0 Å². The number of ether oxygens (including phenoxy) is 1. The van der Waals surface area contributed by atoms with Crippen LogP contribution in [0.1, 0.15) is 59.4 Å². The van der Waals surface area contributed by atoms with Gasteiger partial charge in [-0.05, 0) is 51.3 Å². The van der Waals surface area contributed by atoms with Gasteiger partial charge in [0.2, 0.25) is 0 Å². The normalized spacial score (nSPS) is 23.5. The summed E-state index contributed by atoms with van der Waals surface area (Å²) in [5.41, 5.74) is 2.81. The van der Waals surface area contributed by atoms with E-state index in [-0.39, 0.29) is 17.9 Å². The summed E-state index contributed by atoms with van der Waals surface area (Å²) < 4.78 is 7.89. The first-order chi connectivity index (χ1) is 13.7. The van der Waals surface area contributed by atoms with Gasteiger partial charge in [-0.2, -0.15) is 0 Å². The summed E-state index contributed by atoms with van der Waals surface area (Å²) in [6.07, 6.45) is 5.90. The summed E-state index contributed by atoms with van der Waals surface area (Å²) in [6.45, 7) is 5.40. The molecule has 7 nitrogen and oxygen atoms in total. The van der Waals surface area contributed by atoms with Gasteiger partial charge in [-0.3, -0.25) is 4.79 Å². The average Bonchev–Trinajstić information content (AvgIpc) is 3.24. The molecule has 150 valence electrons. The average molecular weight is 383 g/mol. The zero-order chi connectivity index (χ0) is 19.3. The molecule has 2 aliphatic heterocycles. The lowest BCUT2D eigenvalue weighted by atomic mass is 9.89. The van der Waals surface area contributed by atoms with Crippen LogP contribution in [0.2, 0.25) is 0 Å². The molecule has 28 heavy (non-hydrogen) atoms. The standard InChI is InChI=1S/C21H29N5O2/c1-15-4-6-16(7-5-15)20-17(3-2-12-28-20)13-23-21(27)19-14-26(25-24-19)18-8-10-22-11-9-18/h4-7,14,17-18,20,22H,2-3,8-13H2,1H3,(H,23,27). The van der Waals surface area contributed by atoms with Gasteiger partial charge in [-0.25, -0.2) is 4.68 Å². The van der Waals surface area contributed by atoms with E-state index in [1.165, 1.54) is 11.1 Å². The predicted octanol–water partition coefficient (Wildman–Crippen LogP) is 2.41. The minimum atomic E-state index is -0.159. The number of benzene rings is 1. The van der Waals surface area contributed by atoms with Gasteiger partial charge in [-0.1, -0.05) is 35.0 Å². The number of nitrogens with zero attached hydrogens (tertiary/aromatic N) is 3. The molecule has 3 heterocycles. The third kappa shape index (κ3) is 4.42. The molecule has 2 aliphatic rings. The monoisotopic (exact) mass is 383 g/mol. The fourth-order valence-electron chi connectivity index (χ4n) is 4.12. The highest BCUT2D eigenvalue weighted by Crippen LogP contribution is 2.33. The van der Waals surface area contributed by atoms with Gasteiger partial charge in [0.05, 0.1) is 18.3 Å². The second-order valence-electron chi connectivity index (χ2n) is 7.88. The highest BCUT2D eigenvalue weighted by Gasteiger charge is 2.28. The molecule has 2 aromatic rings. The van der Waals surface area contributed by atoms with Crippen LogP contribution < -0.4 is 10.6 Å². The fraction of sp³-hybridized carbons (Fsp3) is 0.571. The van der Waals surface area contributed by atoms with Crippen molar-refractivity contribution in [1.82, 2.24) is 25.6 Å². The van der Waals surface area contributed by atoms with Gasteiger partial charge >= 0.3 is 0 Å². The number of aryl methyl sites for hydroxylation is 1. The number of rotatable bonds is 5. The summed E-state index contributed by atoms with van der Waals surface area (Å²) in [5, 5.41) is 14.7. The Morgan fingerprint density at radius 2 is 2.04 bits per heavy atom. The summed E-state index contributed by atoms with van der Waals surface area (Å²) >= 11 is 0. The molecule has 1 aromatic carbocycles. The first-order valence-corrected chi connectivity index (χ1v) is 10.3. The summed E-state index contributed by atoms with van der Waals surface area (Å²) in [4.78, 5) is 12.6. The van der Waals surface area contributed by atoms with Crippen molar-refractivity contribution in [2.45, 2.75) is 44.8 Å². The number of hydrogen-bond donors (Lipinski definition) is 2. The first-order valence-electron chi connectivity index (χ1n) is 10.3. The molecule has 1 aromatic heterocycles. The van der Waals surface area contributed by atoms with Gasteiger partial charge in [0.15, 0.2) is 5.69 Å². The van der Waals surface area contributed by atoms with Crippen LogP contribution in [-0.4, -0.2) is 47.1 Å². The lowest BCUT2D eigenvalue weighted by Gasteiger charge is -2.32. The lowest BCUT2D eigenvalue weighted by Crippen LogP contribution is -2.35. The fourth-order valence-corrected chi connectivity index (χ4v) is 4.12. The molecule has 0 spiro atoms. The van der Waals surface area contributed by atoms with Crippen molar-refractivity contribution < 1.29 is 9.53 Å². The zero-order valence-corrected chi connectivity index (χ0v) is 16.4. The van der Waals surface area contributed by atoms with Crippen LogP contribution in [0.5, 0.6) is 0 Å². The van der Waals surface area contributed by atoms with E-state index in [0.717, 1.165) is 45.4 Å². The Balaban J connectivity index is 1.36. The number of piperidine rings is 1.